The normalized spacial score (nSPS) is 11.9. The molecule has 1 heterocycles. The van der Waals surface area contributed by atoms with Crippen LogP contribution in [-0.2, 0) is 18.0 Å². The average molecular weight is 555 g/mol. The second-order valence-corrected chi connectivity index (χ2v) is 10.1. The highest BCUT2D eigenvalue weighted by Gasteiger charge is 2.21. The maximum atomic E-state index is 13.0. The van der Waals surface area contributed by atoms with Crippen molar-refractivity contribution >= 4 is 46.0 Å². The molecule has 0 bridgehead atoms. The van der Waals surface area contributed by atoms with Crippen LogP contribution >= 0.6 is 23.2 Å². The van der Waals surface area contributed by atoms with Gasteiger partial charge in [0.1, 0.15) is 25.1 Å². The Morgan fingerprint density at radius 2 is 1.76 bits per heavy atom. The third-order valence-corrected chi connectivity index (χ3v) is 6.35. The fraction of sp³-hybridized carbons (Fsp3) is 0.250. The standard InChI is InChI=1S/C28H28Cl2N4O4/c1-16(2)11-23(27(31)35)34-28(36)17-8-10-24(38-15-26-32-21-5-3-4-6-22(21)33-26)25(12-17)37-14-18-7-9-19(29)13-20(18)30/h3-10,12-13,16,23H,11,14-15H2,1-2H3,(H2,31,35)(H,32,33)(H,34,36). The number of para-hydroxylation sites is 2. The van der Waals surface area contributed by atoms with E-state index in [4.69, 9.17) is 38.4 Å². The minimum atomic E-state index is -0.788. The fourth-order valence-corrected chi connectivity index (χ4v) is 4.32. The molecule has 1 unspecified atom stereocenters. The summed E-state index contributed by atoms with van der Waals surface area (Å²) in [6.45, 7) is 4.16. The number of carbonyl (C=O) groups is 2. The lowest BCUT2D eigenvalue weighted by Gasteiger charge is -2.18. The zero-order valence-corrected chi connectivity index (χ0v) is 22.5. The summed E-state index contributed by atoms with van der Waals surface area (Å²) < 4.78 is 12.1. The van der Waals surface area contributed by atoms with Gasteiger partial charge in [-0.2, -0.15) is 0 Å². The SMILES string of the molecule is CC(C)CC(NC(=O)c1ccc(OCc2nc3ccccc3[nH]2)c(OCc2ccc(Cl)cc2Cl)c1)C(N)=O. The Bertz CT molecular complexity index is 1420. The number of benzene rings is 3. The van der Waals surface area contributed by atoms with Crippen LogP contribution in [0.1, 0.15) is 42.0 Å². The monoisotopic (exact) mass is 554 g/mol. The zero-order chi connectivity index (χ0) is 27.2. The van der Waals surface area contributed by atoms with Crippen molar-refractivity contribution < 1.29 is 19.1 Å². The van der Waals surface area contributed by atoms with E-state index < -0.39 is 17.9 Å². The largest absolute Gasteiger partial charge is 0.485 e. The minimum Gasteiger partial charge on any atom is -0.485 e. The van der Waals surface area contributed by atoms with Gasteiger partial charge in [-0.25, -0.2) is 4.98 Å². The number of primary amides is 1. The van der Waals surface area contributed by atoms with E-state index in [1.165, 1.54) is 0 Å². The van der Waals surface area contributed by atoms with Crippen molar-refractivity contribution in [2.75, 3.05) is 0 Å². The quantitative estimate of drug-likeness (QED) is 0.221. The number of hydrogen-bond acceptors (Lipinski definition) is 5. The number of H-pyrrole nitrogens is 1. The first-order valence-electron chi connectivity index (χ1n) is 12.1. The van der Waals surface area contributed by atoms with E-state index in [9.17, 15) is 9.59 Å². The maximum Gasteiger partial charge on any atom is 0.252 e. The van der Waals surface area contributed by atoms with Gasteiger partial charge in [0.25, 0.3) is 5.91 Å². The highest BCUT2D eigenvalue weighted by atomic mass is 35.5. The predicted molar refractivity (Wildman–Crippen MR) is 148 cm³/mol. The van der Waals surface area contributed by atoms with Crippen LogP contribution in [-0.4, -0.2) is 27.8 Å². The van der Waals surface area contributed by atoms with Crippen molar-refractivity contribution in [2.45, 2.75) is 39.5 Å². The fourth-order valence-electron chi connectivity index (χ4n) is 3.85. The number of aromatic nitrogens is 2. The first-order chi connectivity index (χ1) is 18.2. The number of aromatic amines is 1. The molecule has 3 aromatic carbocycles. The number of rotatable bonds is 11. The molecule has 4 rings (SSSR count). The summed E-state index contributed by atoms with van der Waals surface area (Å²) in [5.41, 5.74) is 8.22. The molecule has 0 aliphatic heterocycles. The van der Waals surface area contributed by atoms with Crippen LogP contribution in [0.5, 0.6) is 11.5 Å². The summed E-state index contributed by atoms with van der Waals surface area (Å²) in [7, 11) is 0. The van der Waals surface area contributed by atoms with E-state index >= 15 is 0 Å². The minimum absolute atomic E-state index is 0.110. The molecule has 4 N–H and O–H groups in total. The third kappa shape index (κ3) is 6.96. The Labute approximate surface area is 230 Å². The lowest BCUT2D eigenvalue weighted by atomic mass is 10.0. The van der Waals surface area contributed by atoms with Crippen molar-refractivity contribution in [2.24, 2.45) is 11.7 Å². The van der Waals surface area contributed by atoms with Crippen LogP contribution in [0.2, 0.25) is 10.0 Å². The number of carbonyl (C=O) groups excluding carboxylic acids is 2. The summed E-state index contributed by atoms with van der Waals surface area (Å²) in [5.74, 6) is 0.488. The summed E-state index contributed by atoms with van der Waals surface area (Å²) in [5, 5.41) is 3.68. The zero-order valence-electron chi connectivity index (χ0n) is 21.0. The maximum absolute atomic E-state index is 13.0. The van der Waals surface area contributed by atoms with Crippen LogP contribution in [0, 0.1) is 5.92 Å². The number of imidazole rings is 1. The van der Waals surface area contributed by atoms with E-state index in [0.717, 1.165) is 11.0 Å². The number of halogens is 2. The van der Waals surface area contributed by atoms with Gasteiger partial charge in [0, 0.05) is 21.2 Å². The molecule has 10 heteroatoms. The molecule has 0 saturated carbocycles. The highest BCUT2D eigenvalue weighted by Crippen LogP contribution is 2.31. The van der Waals surface area contributed by atoms with Crippen molar-refractivity contribution in [1.29, 1.82) is 0 Å². The number of nitrogens with one attached hydrogen (secondary N) is 2. The molecule has 198 valence electrons. The lowest BCUT2D eigenvalue weighted by Crippen LogP contribution is -2.45. The molecule has 0 fully saturated rings. The summed E-state index contributed by atoms with van der Waals surface area (Å²) in [6.07, 6.45) is 0.429. The topological polar surface area (TPSA) is 119 Å². The molecule has 2 amide bonds. The Hall–Kier alpha value is -3.75. The van der Waals surface area contributed by atoms with Gasteiger partial charge < -0.3 is 25.5 Å². The van der Waals surface area contributed by atoms with Gasteiger partial charge in [0.05, 0.1) is 11.0 Å². The second kappa shape index (κ2) is 12.2. The molecule has 1 aromatic heterocycles. The molecule has 0 radical (unpaired) electrons. The molecule has 38 heavy (non-hydrogen) atoms. The van der Waals surface area contributed by atoms with E-state index in [-0.39, 0.29) is 24.7 Å². The van der Waals surface area contributed by atoms with Crippen molar-refractivity contribution in [3.63, 3.8) is 0 Å². The predicted octanol–water partition coefficient (Wildman–Crippen LogP) is 5.66. The number of hydrogen-bond donors (Lipinski definition) is 3. The Kier molecular flexibility index (Phi) is 8.76. The molecule has 0 saturated heterocycles. The Morgan fingerprint density at radius 1 is 1.00 bits per heavy atom. The Morgan fingerprint density at radius 3 is 2.47 bits per heavy atom. The number of fused-ring (bicyclic) bond motifs is 1. The van der Waals surface area contributed by atoms with Crippen molar-refractivity contribution in [3.05, 3.63) is 87.7 Å². The first-order valence-corrected chi connectivity index (χ1v) is 12.8. The number of nitrogens with two attached hydrogens (primary N) is 1. The highest BCUT2D eigenvalue weighted by molar-refractivity contribution is 6.35. The van der Waals surface area contributed by atoms with E-state index in [2.05, 4.69) is 15.3 Å². The van der Waals surface area contributed by atoms with E-state index in [0.29, 0.717) is 39.4 Å². The Balaban J connectivity index is 1.56. The van der Waals surface area contributed by atoms with Gasteiger partial charge in [0.15, 0.2) is 11.5 Å². The molecule has 0 aliphatic rings. The average Bonchev–Trinajstić information content (AvgIpc) is 3.29. The van der Waals surface area contributed by atoms with Gasteiger partial charge in [-0.1, -0.05) is 55.2 Å². The van der Waals surface area contributed by atoms with Crippen LogP contribution in [0.15, 0.2) is 60.7 Å². The van der Waals surface area contributed by atoms with Gasteiger partial charge in [-0.15, -0.1) is 0 Å². The van der Waals surface area contributed by atoms with Crippen LogP contribution < -0.4 is 20.5 Å². The van der Waals surface area contributed by atoms with E-state index in [1.807, 2.05) is 38.1 Å². The van der Waals surface area contributed by atoms with Crippen LogP contribution in [0.4, 0.5) is 0 Å². The summed E-state index contributed by atoms with van der Waals surface area (Å²) in [4.78, 5) is 32.6. The number of ether oxygens (including phenoxy) is 2. The van der Waals surface area contributed by atoms with Crippen molar-refractivity contribution in [3.8, 4) is 11.5 Å². The number of nitrogens with zero attached hydrogens (tertiary/aromatic N) is 1. The molecular formula is C28H28Cl2N4O4. The van der Waals surface area contributed by atoms with E-state index in [1.54, 1.807) is 36.4 Å². The lowest BCUT2D eigenvalue weighted by molar-refractivity contribution is -0.120. The molecule has 8 nitrogen and oxygen atoms in total. The summed E-state index contributed by atoms with van der Waals surface area (Å²) in [6, 6.07) is 16.8. The molecule has 0 aliphatic carbocycles. The van der Waals surface area contributed by atoms with Gasteiger partial charge in [0.2, 0.25) is 5.91 Å². The number of amides is 2. The summed E-state index contributed by atoms with van der Waals surface area (Å²) >= 11 is 12.3. The van der Waals surface area contributed by atoms with Crippen molar-refractivity contribution in [1.82, 2.24) is 15.3 Å². The molecule has 0 spiro atoms. The third-order valence-electron chi connectivity index (χ3n) is 5.76. The van der Waals surface area contributed by atoms with Crippen LogP contribution in [0.25, 0.3) is 11.0 Å². The first kappa shape index (κ1) is 27.3. The van der Waals surface area contributed by atoms with Crippen LogP contribution in [0.3, 0.4) is 0 Å². The smallest absolute Gasteiger partial charge is 0.252 e. The van der Waals surface area contributed by atoms with Gasteiger partial charge >= 0.3 is 0 Å². The van der Waals surface area contributed by atoms with Gasteiger partial charge in [-0.3, -0.25) is 9.59 Å². The molecule has 4 aromatic rings. The second-order valence-electron chi connectivity index (χ2n) is 9.23. The molecule has 1 atom stereocenters. The molecular weight excluding hydrogens is 527 g/mol. The van der Waals surface area contributed by atoms with Gasteiger partial charge in [-0.05, 0) is 54.8 Å².